The van der Waals surface area contributed by atoms with Crippen LogP contribution in [0, 0.1) is 13.8 Å². The Morgan fingerprint density at radius 1 is 1.38 bits per heavy atom. The highest BCUT2D eigenvalue weighted by Gasteiger charge is 2.08. The zero-order valence-corrected chi connectivity index (χ0v) is 8.00. The molecule has 0 spiro atoms. The Hall–Kier alpha value is -1.58. The molecule has 0 amide bonds. The standard InChI is InChI=1S/C9H12N4/c1-5-6(2)11-4-7-8(5)12-9(10)13(7)3/h4H,1-3H3,(H2,10,12). The Kier molecular flexibility index (Phi) is 1.52. The third-order valence-corrected chi connectivity index (χ3v) is 2.45. The predicted octanol–water partition coefficient (Wildman–Crippen LogP) is 1.17. The smallest absolute Gasteiger partial charge is 0.200 e. The third kappa shape index (κ3) is 0.983. The first-order valence-corrected chi connectivity index (χ1v) is 4.15. The maximum Gasteiger partial charge on any atom is 0.200 e. The van der Waals surface area contributed by atoms with Crippen molar-refractivity contribution in [2.24, 2.45) is 7.05 Å². The van der Waals surface area contributed by atoms with E-state index < -0.39 is 0 Å². The lowest BCUT2D eigenvalue weighted by Crippen LogP contribution is -1.96. The van der Waals surface area contributed by atoms with Gasteiger partial charge in [-0.3, -0.25) is 4.98 Å². The topological polar surface area (TPSA) is 56.7 Å². The van der Waals surface area contributed by atoms with E-state index in [1.165, 1.54) is 0 Å². The Morgan fingerprint density at radius 2 is 2.08 bits per heavy atom. The molecule has 0 aliphatic heterocycles. The summed E-state index contributed by atoms with van der Waals surface area (Å²) in [5, 5.41) is 0. The zero-order valence-electron chi connectivity index (χ0n) is 8.00. The SMILES string of the molecule is Cc1ncc2c(nc(N)n2C)c1C. The van der Waals surface area contributed by atoms with E-state index in [0.29, 0.717) is 5.95 Å². The van der Waals surface area contributed by atoms with E-state index in [0.717, 1.165) is 22.3 Å². The average Bonchev–Trinajstić information content (AvgIpc) is 2.38. The third-order valence-electron chi connectivity index (χ3n) is 2.45. The first kappa shape index (κ1) is 8.04. The monoisotopic (exact) mass is 176 g/mol. The lowest BCUT2D eigenvalue weighted by Gasteiger charge is -1.99. The molecule has 2 rings (SSSR count). The van der Waals surface area contributed by atoms with E-state index in [-0.39, 0.29) is 0 Å². The number of hydrogen-bond donors (Lipinski definition) is 1. The van der Waals surface area contributed by atoms with Crippen LogP contribution in [-0.4, -0.2) is 14.5 Å². The van der Waals surface area contributed by atoms with Crippen LogP contribution in [0.3, 0.4) is 0 Å². The maximum atomic E-state index is 5.70. The van der Waals surface area contributed by atoms with Crippen molar-refractivity contribution in [1.29, 1.82) is 0 Å². The normalized spacial score (nSPS) is 11.0. The molecule has 0 atom stereocenters. The van der Waals surface area contributed by atoms with E-state index in [4.69, 9.17) is 5.73 Å². The van der Waals surface area contributed by atoms with E-state index in [1.807, 2.05) is 25.5 Å². The fourth-order valence-electron chi connectivity index (χ4n) is 1.38. The van der Waals surface area contributed by atoms with E-state index in [1.54, 1.807) is 6.20 Å². The average molecular weight is 176 g/mol. The highest BCUT2D eigenvalue weighted by atomic mass is 15.1. The molecular weight excluding hydrogens is 164 g/mol. The molecule has 2 N–H and O–H groups in total. The molecule has 13 heavy (non-hydrogen) atoms. The number of hydrogen-bond acceptors (Lipinski definition) is 3. The number of anilines is 1. The van der Waals surface area contributed by atoms with E-state index in [9.17, 15) is 0 Å². The molecule has 0 bridgehead atoms. The van der Waals surface area contributed by atoms with Gasteiger partial charge in [0, 0.05) is 12.7 Å². The lowest BCUT2D eigenvalue weighted by molar-refractivity contribution is 0.961. The van der Waals surface area contributed by atoms with Crippen molar-refractivity contribution >= 4 is 17.0 Å². The molecule has 68 valence electrons. The Bertz CT molecular complexity index is 470. The molecule has 0 aromatic carbocycles. The van der Waals surface area contributed by atoms with Crippen LogP contribution >= 0.6 is 0 Å². The van der Waals surface area contributed by atoms with Crippen LogP contribution in [0.25, 0.3) is 11.0 Å². The minimum absolute atomic E-state index is 0.533. The number of pyridine rings is 1. The van der Waals surface area contributed by atoms with Gasteiger partial charge in [0.2, 0.25) is 5.95 Å². The van der Waals surface area contributed by atoms with Crippen molar-refractivity contribution < 1.29 is 0 Å². The number of imidazole rings is 1. The zero-order chi connectivity index (χ0) is 9.59. The highest BCUT2D eigenvalue weighted by Crippen LogP contribution is 2.20. The minimum Gasteiger partial charge on any atom is -0.369 e. The van der Waals surface area contributed by atoms with Crippen LogP contribution in [0.5, 0.6) is 0 Å². The minimum atomic E-state index is 0.533. The van der Waals surface area contributed by atoms with E-state index in [2.05, 4.69) is 9.97 Å². The molecule has 0 saturated carbocycles. The number of rotatable bonds is 0. The summed E-state index contributed by atoms with van der Waals surface area (Å²) in [7, 11) is 1.89. The number of nitrogens with zero attached hydrogens (tertiary/aromatic N) is 3. The summed E-state index contributed by atoms with van der Waals surface area (Å²) in [5.41, 5.74) is 9.74. The second-order valence-electron chi connectivity index (χ2n) is 3.23. The first-order valence-electron chi connectivity index (χ1n) is 4.15. The fourth-order valence-corrected chi connectivity index (χ4v) is 1.38. The van der Waals surface area contributed by atoms with Gasteiger partial charge in [0.1, 0.15) is 0 Å². The molecule has 0 saturated heterocycles. The molecule has 4 heteroatoms. The van der Waals surface area contributed by atoms with Gasteiger partial charge < -0.3 is 10.3 Å². The number of nitrogen functional groups attached to an aromatic ring is 1. The Morgan fingerprint density at radius 3 is 2.77 bits per heavy atom. The molecule has 0 radical (unpaired) electrons. The van der Waals surface area contributed by atoms with Crippen LogP contribution in [0.1, 0.15) is 11.3 Å². The second-order valence-corrected chi connectivity index (χ2v) is 3.23. The van der Waals surface area contributed by atoms with Crippen LogP contribution < -0.4 is 5.73 Å². The van der Waals surface area contributed by atoms with Crippen molar-refractivity contribution in [2.75, 3.05) is 5.73 Å². The number of aromatic nitrogens is 3. The summed E-state index contributed by atoms with van der Waals surface area (Å²) in [5.74, 6) is 0.533. The Labute approximate surface area is 76.4 Å². The molecule has 0 unspecified atom stereocenters. The quantitative estimate of drug-likeness (QED) is 0.655. The number of fused-ring (bicyclic) bond motifs is 1. The van der Waals surface area contributed by atoms with Crippen LogP contribution in [0.2, 0.25) is 0 Å². The van der Waals surface area contributed by atoms with Crippen molar-refractivity contribution in [2.45, 2.75) is 13.8 Å². The summed E-state index contributed by atoms with van der Waals surface area (Å²) >= 11 is 0. The largest absolute Gasteiger partial charge is 0.369 e. The maximum absolute atomic E-state index is 5.70. The van der Waals surface area contributed by atoms with Gasteiger partial charge in [-0.2, -0.15) is 0 Å². The van der Waals surface area contributed by atoms with Crippen molar-refractivity contribution in [3.05, 3.63) is 17.5 Å². The molecule has 0 aliphatic rings. The van der Waals surface area contributed by atoms with Crippen molar-refractivity contribution in [3.8, 4) is 0 Å². The van der Waals surface area contributed by atoms with Crippen molar-refractivity contribution in [3.63, 3.8) is 0 Å². The van der Waals surface area contributed by atoms with E-state index >= 15 is 0 Å². The molecular formula is C9H12N4. The van der Waals surface area contributed by atoms with Crippen LogP contribution in [0.15, 0.2) is 6.20 Å². The van der Waals surface area contributed by atoms with Gasteiger partial charge in [0.05, 0.1) is 17.2 Å². The van der Waals surface area contributed by atoms with Gasteiger partial charge in [0.25, 0.3) is 0 Å². The Balaban J connectivity index is 2.94. The summed E-state index contributed by atoms with van der Waals surface area (Å²) in [6.45, 7) is 3.98. The summed E-state index contributed by atoms with van der Waals surface area (Å²) < 4.78 is 1.84. The summed E-state index contributed by atoms with van der Waals surface area (Å²) in [4.78, 5) is 8.54. The molecule has 0 aliphatic carbocycles. The number of nitrogens with two attached hydrogens (primary N) is 1. The molecule has 2 heterocycles. The van der Waals surface area contributed by atoms with Crippen LogP contribution in [0.4, 0.5) is 5.95 Å². The predicted molar refractivity (Wildman–Crippen MR) is 52.4 cm³/mol. The highest BCUT2D eigenvalue weighted by molar-refractivity contribution is 5.81. The van der Waals surface area contributed by atoms with Gasteiger partial charge >= 0.3 is 0 Å². The fraction of sp³-hybridized carbons (Fsp3) is 0.333. The molecule has 0 fully saturated rings. The number of aryl methyl sites for hydroxylation is 3. The van der Waals surface area contributed by atoms with Crippen LogP contribution in [-0.2, 0) is 7.05 Å². The second kappa shape index (κ2) is 2.45. The van der Waals surface area contributed by atoms with Gasteiger partial charge in [-0.05, 0) is 19.4 Å². The van der Waals surface area contributed by atoms with Gasteiger partial charge in [0.15, 0.2) is 0 Å². The van der Waals surface area contributed by atoms with Gasteiger partial charge in [-0.15, -0.1) is 0 Å². The lowest BCUT2D eigenvalue weighted by atomic mass is 10.2. The molecule has 2 aromatic heterocycles. The molecule has 4 nitrogen and oxygen atoms in total. The van der Waals surface area contributed by atoms with Crippen molar-refractivity contribution in [1.82, 2.24) is 14.5 Å². The van der Waals surface area contributed by atoms with Gasteiger partial charge in [-0.25, -0.2) is 4.98 Å². The summed E-state index contributed by atoms with van der Waals surface area (Å²) in [6, 6.07) is 0. The molecule has 2 aromatic rings. The van der Waals surface area contributed by atoms with Gasteiger partial charge in [-0.1, -0.05) is 0 Å². The summed E-state index contributed by atoms with van der Waals surface area (Å²) in [6.07, 6.45) is 1.81. The first-order chi connectivity index (χ1) is 6.11.